The van der Waals surface area contributed by atoms with E-state index in [0.29, 0.717) is 23.7 Å². The SMILES string of the molecule is Cc1c(NC(=O)CCSc2nnc(C(C)C)n2Cc2ccco2)c(=O)n(-c2ccccc2)n1C. The molecule has 0 spiro atoms. The summed E-state index contributed by atoms with van der Waals surface area (Å²) in [6.45, 7) is 6.48. The van der Waals surface area contributed by atoms with Crippen LogP contribution in [0.3, 0.4) is 0 Å². The number of benzene rings is 1. The highest BCUT2D eigenvalue weighted by Crippen LogP contribution is 2.24. The van der Waals surface area contributed by atoms with Crippen molar-refractivity contribution in [2.45, 2.75) is 44.8 Å². The van der Waals surface area contributed by atoms with E-state index in [0.717, 1.165) is 22.4 Å². The highest BCUT2D eigenvalue weighted by molar-refractivity contribution is 7.99. The molecule has 34 heavy (non-hydrogen) atoms. The topological polar surface area (TPSA) is 99.9 Å². The Morgan fingerprint density at radius 1 is 1.15 bits per heavy atom. The molecule has 4 rings (SSSR count). The molecule has 0 radical (unpaired) electrons. The Balaban J connectivity index is 1.43. The van der Waals surface area contributed by atoms with Crippen LogP contribution in [-0.2, 0) is 18.4 Å². The van der Waals surface area contributed by atoms with Crippen molar-refractivity contribution in [3.63, 3.8) is 0 Å². The second kappa shape index (κ2) is 10.2. The first-order chi connectivity index (χ1) is 16.4. The molecule has 4 aromatic rings. The van der Waals surface area contributed by atoms with Crippen LogP contribution < -0.4 is 10.9 Å². The first-order valence-electron chi connectivity index (χ1n) is 11.1. The molecule has 0 atom stereocenters. The van der Waals surface area contributed by atoms with E-state index < -0.39 is 0 Å². The monoisotopic (exact) mass is 480 g/mol. The fourth-order valence-electron chi connectivity index (χ4n) is 3.69. The quantitative estimate of drug-likeness (QED) is 0.364. The maximum absolute atomic E-state index is 13.0. The predicted molar refractivity (Wildman–Crippen MR) is 132 cm³/mol. The molecular formula is C24H28N6O3S. The number of anilines is 1. The number of para-hydroxylation sites is 1. The van der Waals surface area contributed by atoms with Gasteiger partial charge in [-0.2, -0.15) is 0 Å². The minimum Gasteiger partial charge on any atom is -0.467 e. The van der Waals surface area contributed by atoms with E-state index in [9.17, 15) is 9.59 Å². The second-order valence-corrected chi connectivity index (χ2v) is 9.31. The van der Waals surface area contributed by atoms with Crippen LogP contribution in [0.15, 0.2) is 63.1 Å². The van der Waals surface area contributed by atoms with E-state index in [2.05, 4.69) is 29.4 Å². The van der Waals surface area contributed by atoms with Gasteiger partial charge in [-0.3, -0.25) is 18.8 Å². The predicted octanol–water partition coefficient (Wildman–Crippen LogP) is 3.96. The first kappa shape index (κ1) is 23.6. The van der Waals surface area contributed by atoms with Gasteiger partial charge >= 0.3 is 0 Å². The normalized spacial score (nSPS) is 11.3. The van der Waals surface area contributed by atoms with Crippen LogP contribution in [0.1, 0.15) is 43.5 Å². The van der Waals surface area contributed by atoms with Crippen molar-refractivity contribution in [2.75, 3.05) is 11.1 Å². The maximum atomic E-state index is 13.0. The van der Waals surface area contributed by atoms with Gasteiger partial charge in [0.25, 0.3) is 5.56 Å². The summed E-state index contributed by atoms with van der Waals surface area (Å²) >= 11 is 1.46. The summed E-state index contributed by atoms with van der Waals surface area (Å²) in [5.74, 6) is 2.16. The van der Waals surface area contributed by atoms with E-state index in [4.69, 9.17) is 4.42 Å². The van der Waals surface area contributed by atoms with Gasteiger partial charge in [0.15, 0.2) is 5.16 Å². The van der Waals surface area contributed by atoms with Crippen molar-refractivity contribution in [1.29, 1.82) is 0 Å². The summed E-state index contributed by atoms with van der Waals surface area (Å²) in [5.41, 5.74) is 1.47. The fourth-order valence-corrected chi connectivity index (χ4v) is 4.57. The second-order valence-electron chi connectivity index (χ2n) is 8.24. The molecule has 3 aromatic heterocycles. The smallest absolute Gasteiger partial charge is 0.295 e. The summed E-state index contributed by atoms with van der Waals surface area (Å²) < 4.78 is 10.8. The van der Waals surface area contributed by atoms with Gasteiger partial charge < -0.3 is 9.73 Å². The molecule has 178 valence electrons. The number of furan rings is 1. The zero-order chi connectivity index (χ0) is 24.2. The Morgan fingerprint density at radius 3 is 2.59 bits per heavy atom. The molecule has 3 heterocycles. The van der Waals surface area contributed by atoms with Crippen molar-refractivity contribution in [3.05, 3.63) is 76.4 Å². The standard InChI is InChI=1S/C24H28N6O3S/c1-16(2)22-26-27-24(29(22)15-19-11-8-13-33-19)34-14-12-20(31)25-21-17(3)28(4)30(23(21)32)18-9-6-5-7-10-18/h5-11,13,16H,12,14-15H2,1-4H3,(H,25,31). The Labute approximate surface area is 201 Å². The number of aromatic nitrogens is 5. The molecule has 1 aromatic carbocycles. The number of carbonyl (C=O) groups is 1. The Bertz CT molecular complexity index is 1320. The third-order valence-corrected chi connectivity index (χ3v) is 6.50. The number of carbonyl (C=O) groups excluding carboxylic acids is 1. The molecule has 0 fully saturated rings. The van der Waals surface area contributed by atoms with Gasteiger partial charge in [0.1, 0.15) is 17.3 Å². The summed E-state index contributed by atoms with van der Waals surface area (Å²) in [7, 11) is 1.80. The molecule has 10 heteroatoms. The molecule has 0 aliphatic rings. The molecule has 0 bridgehead atoms. The van der Waals surface area contributed by atoms with Crippen LogP contribution >= 0.6 is 11.8 Å². The van der Waals surface area contributed by atoms with Gasteiger partial charge in [-0.05, 0) is 31.2 Å². The number of rotatable bonds is 9. The zero-order valence-corrected chi connectivity index (χ0v) is 20.5. The van der Waals surface area contributed by atoms with Gasteiger partial charge in [0.2, 0.25) is 5.91 Å². The van der Waals surface area contributed by atoms with Crippen LogP contribution in [-0.4, -0.2) is 35.8 Å². The third-order valence-electron chi connectivity index (χ3n) is 5.53. The zero-order valence-electron chi connectivity index (χ0n) is 19.7. The lowest BCUT2D eigenvalue weighted by Crippen LogP contribution is -2.23. The molecule has 0 aliphatic carbocycles. The molecule has 0 aliphatic heterocycles. The lowest BCUT2D eigenvalue weighted by atomic mass is 10.2. The van der Waals surface area contributed by atoms with E-state index in [-0.39, 0.29) is 23.8 Å². The fraction of sp³-hybridized carbons (Fsp3) is 0.333. The van der Waals surface area contributed by atoms with E-state index in [1.54, 1.807) is 22.7 Å². The molecule has 0 saturated heterocycles. The Kier molecular flexibility index (Phi) is 7.06. The number of amides is 1. The van der Waals surface area contributed by atoms with Crippen molar-refractivity contribution < 1.29 is 9.21 Å². The summed E-state index contributed by atoms with van der Waals surface area (Å²) in [5, 5.41) is 12.2. The van der Waals surface area contributed by atoms with Crippen molar-refractivity contribution >= 4 is 23.4 Å². The molecule has 1 amide bonds. The Morgan fingerprint density at radius 2 is 1.91 bits per heavy atom. The van der Waals surface area contributed by atoms with Crippen molar-refractivity contribution in [2.24, 2.45) is 7.05 Å². The van der Waals surface area contributed by atoms with E-state index in [1.807, 2.05) is 54.0 Å². The summed E-state index contributed by atoms with van der Waals surface area (Å²) in [6, 6.07) is 13.1. The highest BCUT2D eigenvalue weighted by Gasteiger charge is 2.19. The van der Waals surface area contributed by atoms with Crippen LogP contribution in [0.4, 0.5) is 5.69 Å². The number of nitrogens with zero attached hydrogens (tertiary/aromatic N) is 5. The first-order valence-corrected chi connectivity index (χ1v) is 12.1. The lowest BCUT2D eigenvalue weighted by Gasteiger charge is -2.10. The van der Waals surface area contributed by atoms with Crippen molar-refractivity contribution in [1.82, 2.24) is 24.1 Å². The molecule has 0 saturated carbocycles. The average Bonchev–Trinajstić information content (AvgIpc) is 3.52. The van der Waals surface area contributed by atoms with Gasteiger partial charge in [0.05, 0.1) is 24.2 Å². The Hall–Kier alpha value is -3.53. The third kappa shape index (κ3) is 4.86. The van der Waals surface area contributed by atoms with Gasteiger partial charge in [-0.1, -0.05) is 43.8 Å². The minimum atomic E-state index is -0.257. The average molecular weight is 481 g/mol. The van der Waals surface area contributed by atoms with Gasteiger partial charge in [-0.25, -0.2) is 4.68 Å². The van der Waals surface area contributed by atoms with Crippen LogP contribution in [0, 0.1) is 6.92 Å². The van der Waals surface area contributed by atoms with E-state index >= 15 is 0 Å². The summed E-state index contributed by atoms with van der Waals surface area (Å²) in [6.07, 6.45) is 1.87. The molecule has 0 unspecified atom stereocenters. The number of hydrogen-bond acceptors (Lipinski definition) is 6. The highest BCUT2D eigenvalue weighted by atomic mass is 32.2. The van der Waals surface area contributed by atoms with Crippen LogP contribution in [0.2, 0.25) is 0 Å². The molecule has 1 N–H and O–H groups in total. The number of thioether (sulfide) groups is 1. The van der Waals surface area contributed by atoms with Gasteiger partial charge in [0, 0.05) is 25.1 Å². The summed E-state index contributed by atoms with van der Waals surface area (Å²) in [4.78, 5) is 25.7. The number of nitrogens with one attached hydrogen (secondary N) is 1. The molecule has 9 nitrogen and oxygen atoms in total. The van der Waals surface area contributed by atoms with Crippen LogP contribution in [0.5, 0.6) is 0 Å². The lowest BCUT2D eigenvalue weighted by molar-refractivity contribution is -0.115. The van der Waals surface area contributed by atoms with Gasteiger partial charge in [-0.15, -0.1) is 10.2 Å². The largest absolute Gasteiger partial charge is 0.467 e. The van der Waals surface area contributed by atoms with E-state index in [1.165, 1.54) is 11.8 Å². The van der Waals surface area contributed by atoms with Crippen LogP contribution in [0.25, 0.3) is 5.69 Å². The van der Waals surface area contributed by atoms with Crippen molar-refractivity contribution in [3.8, 4) is 5.69 Å². The number of hydrogen-bond donors (Lipinski definition) is 1. The maximum Gasteiger partial charge on any atom is 0.295 e. The molecular weight excluding hydrogens is 452 g/mol. The minimum absolute atomic E-state index is 0.202.